The first kappa shape index (κ1) is 22.7. The summed E-state index contributed by atoms with van der Waals surface area (Å²) in [6.45, 7) is 5.75. The summed E-state index contributed by atoms with van der Waals surface area (Å²) in [5.74, 6) is 0.142. The highest BCUT2D eigenvalue weighted by Gasteiger charge is 2.37. The van der Waals surface area contributed by atoms with Crippen molar-refractivity contribution in [2.75, 3.05) is 5.32 Å². The number of carbonyl (C=O) groups excluding carboxylic acids is 1. The van der Waals surface area contributed by atoms with Gasteiger partial charge in [-0.1, -0.05) is 52.8 Å². The number of nitrogens with zero attached hydrogens (tertiary/aromatic N) is 2. The fraction of sp³-hybridized carbons (Fsp3) is 0.286. The first-order chi connectivity index (χ1) is 15.0. The first-order valence-electron chi connectivity index (χ1n) is 9.75. The molecule has 1 aliphatic rings. The summed E-state index contributed by atoms with van der Waals surface area (Å²) in [7, 11) is -3.99. The zero-order valence-electron chi connectivity index (χ0n) is 17.5. The Hall–Kier alpha value is -2.53. The van der Waals surface area contributed by atoms with Crippen LogP contribution in [0.25, 0.3) is 0 Å². The second-order valence-electron chi connectivity index (χ2n) is 8.09. The smallest absolute Gasteiger partial charge is 0.270 e. The molecule has 0 saturated heterocycles. The molecule has 1 amide bonds. The lowest BCUT2D eigenvalue weighted by Crippen LogP contribution is -2.41. The number of aromatic nitrogens is 2. The minimum Gasteiger partial charge on any atom is -0.487 e. The summed E-state index contributed by atoms with van der Waals surface area (Å²) in [4.78, 5) is 12.4. The molecule has 0 aliphatic carbocycles. The maximum absolute atomic E-state index is 13.1. The Balaban J connectivity index is 1.55. The van der Waals surface area contributed by atoms with Crippen molar-refractivity contribution >= 4 is 44.0 Å². The summed E-state index contributed by atoms with van der Waals surface area (Å²) in [6, 6.07) is 11.7. The number of hydrogen-bond donors (Lipinski definition) is 2. The Morgan fingerprint density at radius 3 is 2.72 bits per heavy atom. The predicted octanol–water partition coefficient (Wildman–Crippen LogP) is 4.33. The van der Waals surface area contributed by atoms with Crippen LogP contribution in [0.4, 0.5) is 5.13 Å². The second kappa shape index (κ2) is 8.43. The fourth-order valence-corrected chi connectivity index (χ4v) is 5.84. The van der Waals surface area contributed by atoms with Crippen molar-refractivity contribution in [2.45, 2.75) is 43.2 Å². The molecule has 0 spiro atoms. The quantitative estimate of drug-likeness (QED) is 0.513. The van der Waals surface area contributed by atoms with Gasteiger partial charge in [0.2, 0.25) is 9.47 Å². The molecular formula is C21H21ClN4O4S2. The fourth-order valence-electron chi connectivity index (χ4n) is 3.50. The van der Waals surface area contributed by atoms with Crippen LogP contribution in [0.15, 0.2) is 46.8 Å². The molecule has 2 N–H and O–H groups in total. The van der Waals surface area contributed by atoms with Gasteiger partial charge in [-0.15, -0.1) is 10.2 Å². The van der Waals surface area contributed by atoms with Gasteiger partial charge in [-0.2, -0.15) is 0 Å². The molecule has 11 heteroatoms. The zero-order valence-corrected chi connectivity index (χ0v) is 19.9. The van der Waals surface area contributed by atoms with E-state index < -0.39 is 27.6 Å². The van der Waals surface area contributed by atoms with Gasteiger partial charge in [0, 0.05) is 12.0 Å². The van der Waals surface area contributed by atoms with Crippen molar-refractivity contribution < 1.29 is 17.9 Å². The van der Waals surface area contributed by atoms with Crippen LogP contribution in [-0.2, 0) is 10.0 Å². The van der Waals surface area contributed by atoms with E-state index in [-0.39, 0.29) is 20.1 Å². The summed E-state index contributed by atoms with van der Waals surface area (Å²) >= 11 is 6.80. The SMILES string of the molecule is Cc1ccc2c(c1)[C@@H](NS(=O)(=O)c1nnc(NC(=O)c3ccccc3Cl)s1)CC(C)(C)O2. The van der Waals surface area contributed by atoms with Crippen LogP contribution in [0, 0.1) is 6.92 Å². The van der Waals surface area contributed by atoms with E-state index in [4.69, 9.17) is 16.3 Å². The molecule has 1 aliphatic heterocycles. The zero-order chi connectivity index (χ0) is 23.1. The van der Waals surface area contributed by atoms with E-state index >= 15 is 0 Å². The highest BCUT2D eigenvalue weighted by molar-refractivity contribution is 7.91. The maximum atomic E-state index is 13.1. The van der Waals surface area contributed by atoms with Gasteiger partial charge in [-0.05, 0) is 39.0 Å². The van der Waals surface area contributed by atoms with Crippen molar-refractivity contribution in [3.63, 3.8) is 0 Å². The molecule has 0 radical (unpaired) electrons. The lowest BCUT2D eigenvalue weighted by Gasteiger charge is -2.37. The predicted molar refractivity (Wildman–Crippen MR) is 123 cm³/mol. The topological polar surface area (TPSA) is 110 Å². The maximum Gasteiger partial charge on any atom is 0.270 e. The molecule has 0 bridgehead atoms. The van der Waals surface area contributed by atoms with Crippen LogP contribution in [0.2, 0.25) is 5.02 Å². The molecule has 32 heavy (non-hydrogen) atoms. The third-order valence-electron chi connectivity index (χ3n) is 4.90. The molecule has 1 atom stereocenters. The molecule has 2 heterocycles. The van der Waals surface area contributed by atoms with Crippen molar-refractivity contribution in [3.8, 4) is 5.75 Å². The van der Waals surface area contributed by atoms with Crippen LogP contribution < -0.4 is 14.8 Å². The normalized spacial score (nSPS) is 17.3. The van der Waals surface area contributed by atoms with Crippen LogP contribution in [-0.4, -0.2) is 30.1 Å². The van der Waals surface area contributed by atoms with E-state index in [1.54, 1.807) is 24.3 Å². The molecule has 0 unspecified atom stereocenters. The van der Waals surface area contributed by atoms with E-state index in [1.165, 1.54) is 0 Å². The number of nitrogens with one attached hydrogen (secondary N) is 2. The minimum atomic E-state index is -3.99. The molecule has 0 saturated carbocycles. The van der Waals surface area contributed by atoms with Crippen LogP contribution in [0.5, 0.6) is 5.75 Å². The monoisotopic (exact) mass is 492 g/mol. The Bertz CT molecular complexity index is 1290. The number of amides is 1. The molecule has 0 fully saturated rings. The van der Waals surface area contributed by atoms with Crippen molar-refractivity contribution in [1.29, 1.82) is 0 Å². The summed E-state index contributed by atoms with van der Waals surface area (Å²) in [5, 5.41) is 10.5. The van der Waals surface area contributed by atoms with Gasteiger partial charge >= 0.3 is 0 Å². The van der Waals surface area contributed by atoms with Crippen molar-refractivity contribution in [3.05, 3.63) is 64.2 Å². The molecule has 3 aromatic rings. The number of fused-ring (bicyclic) bond motifs is 1. The number of aryl methyl sites for hydroxylation is 1. The Morgan fingerprint density at radius 2 is 1.97 bits per heavy atom. The number of carbonyl (C=O) groups is 1. The van der Waals surface area contributed by atoms with Gasteiger partial charge in [0.05, 0.1) is 16.6 Å². The lowest BCUT2D eigenvalue weighted by molar-refractivity contribution is 0.0701. The standard InChI is InChI=1S/C21H21ClN4O4S2/c1-12-8-9-17-14(10-12)16(11-21(2,3)30-17)26-32(28,29)20-25-24-19(31-20)23-18(27)13-6-4-5-7-15(13)22/h4-10,16,26H,11H2,1-3H3,(H,23,24,27)/t16-/m0/s1. The van der Waals surface area contributed by atoms with Crippen LogP contribution in [0.3, 0.4) is 0 Å². The number of anilines is 1. The largest absolute Gasteiger partial charge is 0.487 e. The van der Waals surface area contributed by atoms with Gasteiger partial charge in [0.15, 0.2) is 0 Å². The molecule has 1 aromatic heterocycles. The molecule has 2 aromatic carbocycles. The second-order valence-corrected chi connectivity index (χ2v) is 11.4. The summed E-state index contributed by atoms with van der Waals surface area (Å²) in [5.41, 5.74) is 1.47. The van der Waals surface area contributed by atoms with E-state index in [0.717, 1.165) is 22.5 Å². The molecule has 4 rings (SSSR count). The van der Waals surface area contributed by atoms with Gasteiger partial charge in [-0.25, -0.2) is 13.1 Å². The van der Waals surface area contributed by atoms with Crippen LogP contribution >= 0.6 is 22.9 Å². The molecule has 168 valence electrons. The number of halogens is 1. The van der Waals surface area contributed by atoms with Crippen LogP contribution in [0.1, 0.15) is 47.8 Å². The lowest BCUT2D eigenvalue weighted by atomic mass is 9.89. The van der Waals surface area contributed by atoms with Gasteiger partial charge in [0.1, 0.15) is 11.4 Å². The van der Waals surface area contributed by atoms with E-state index in [9.17, 15) is 13.2 Å². The highest BCUT2D eigenvalue weighted by atomic mass is 35.5. The average molecular weight is 493 g/mol. The average Bonchev–Trinajstić information content (AvgIpc) is 3.17. The molecule has 8 nitrogen and oxygen atoms in total. The van der Waals surface area contributed by atoms with Crippen molar-refractivity contribution in [2.24, 2.45) is 0 Å². The Labute approximate surface area is 195 Å². The number of rotatable bonds is 5. The van der Waals surface area contributed by atoms with E-state index in [1.807, 2.05) is 39.0 Å². The number of benzene rings is 2. The number of ether oxygens (including phenoxy) is 1. The van der Waals surface area contributed by atoms with Gasteiger partial charge in [0.25, 0.3) is 15.9 Å². The number of sulfonamides is 1. The third-order valence-corrected chi connectivity index (χ3v) is 7.90. The van der Waals surface area contributed by atoms with Gasteiger partial charge < -0.3 is 4.74 Å². The molecular weight excluding hydrogens is 472 g/mol. The highest BCUT2D eigenvalue weighted by Crippen LogP contribution is 2.40. The summed E-state index contributed by atoms with van der Waals surface area (Å²) < 4.78 is 34.6. The van der Waals surface area contributed by atoms with E-state index in [0.29, 0.717) is 12.2 Å². The van der Waals surface area contributed by atoms with Gasteiger partial charge in [-0.3, -0.25) is 10.1 Å². The number of hydrogen-bond acceptors (Lipinski definition) is 7. The minimum absolute atomic E-state index is 0.0545. The Kier molecular flexibility index (Phi) is 5.97. The summed E-state index contributed by atoms with van der Waals surface area (Å²) in [6.07, 6.45) is 0.442. The van der Waals surface area contributed by atoms with Crippen molar-refractivity contribution in [1.82, 2.24) is 14.9 Å². The van der Waals surface area contributed by atoms with E-state index in [2.05, 4.69) is 20.2 Å². The third kappa shape index (κ3) is 4.78. The first-order valence-corrected chi connectivity index (χ1v) is 12.4. The Morgan fingerprint density at radius 1 is 1.22 bits per heavy atom.